The van der Waals surface area contributed by atoms with Crippen molar-refractivity contribution in [2.45, 2.75) is 13.8 Å². The summed E-state index contributed by atoms with van der Waals surface area (Å²) in [5, 5.41) is 7.36. The number of rotatable bonds is 6. The van der Waals surface area contributed by atoms with Gasteiger partial charge in [-0.2, -0.15) is 5.10 Å². The van der Waals surface area contributed by atoms with Crippen LogP contribution in [-0.2, 0) is 4.74 Å². The smallest absolute Gasteiger partial charge is 0.358 e. The van der Waals surface area contributed by atoms with E-state index >= 15 is 0 Å². The molecule has 7 heteroatoms. The fourth-order valence-electron chi connectivity index (χ4n) is 3.33. The lowest BCUT2D eigenvalue weighted by atomic mass is 10.1. The van der Waals surface area contributed by atoms with Gasteiger partial charge in [0.15, 0.2) is 11.5 Å². The number of pyridine rings is 1. The maximum Gasteiger partial charge on any atom is 0.358 e. The average molecular weight is 426 g/mol. The van der Waals surface area contributed by atoms with Crippen LogP contribution in [0.25, 0.3) is 17.1 Å². The molecule has 0 aliphatic heterocycles. The molecule has 2 heterocycles. The molecule has 4 aromatic rings. The van der Waals surface area contributed by atoms with Crippen LogP contribution in [0.15, 0.2) is 79.0 Å². The zero-order valence-corrected chi connectivity index (χ0v) is 17.8. The van der Waals surface area contributed by atoms with E-state index in [9.17, 15) is 9.59 Å². The van der Waals surface area contributed by atoms with Gasteiger partial charge in [-0.1, -0.05) is 36.4 Å². The topological polar surface area (TPSA) is 86.1 Å². The first-order chi connectivity index (χ1) is 15.6. The lowest BCUT2D eigenvalue weighted by molar-refractivity contribution is 0.0519. The molecule has 0 saturated carbocycles. The quantitative estimate of drug-likeness (QED) is 0.453. The Kier molecular flexibility index (Phi) is 6.07. The number of aryl methyl sites for hydroxylation is 1. The molecule has 4 rings (SSSR count). The van der Waals surface area contributed by atoms with E-state index in [0.29, 0.717) is 22.8 Å². The Hall–Kier alpha value is -4.26. The molecular weight excluding hydrogens is 404 g/mol. The molecule has 1 N–H and O–H groups in total. The van der Waals surface area contributed by atoms with Crippen LogP contribution in [0.2, 0.25) is 0 Å². The molecule has 7 nitrogen and oxygen atoms in total. The van der Waals surface area contributed by atoms with E-state index in [-0.39, 0.29) is 18.2 Å². The summed E-state index contributed by atoms with van der Waals surface area (Å²) < 4.78 is 6.70. The lowest BCUT2D eigenvalue weighted by Crippen LogP contribution is -2.13. The number of hydrogen-bond acceptors (Lipinski definition) is 5. The van der Waals surface area contributed by atoms with Crippen molar-refractivity contribution in [1.29, 1.82) is 0 Å². The molecule has 2 aromatic carbocycles. The minimum Gasteiger partial charge on any atom is -0.461 e. The van der Waals surface area contributed by atoms with E-state index in [1.165, 1.54) is 0 Å². The van der Waals surface area contributed by atoms with Crippen LogP contribution >= 0.6 is 0 Å². The number of carbonyl (C=O) groups is 2. The Labute approximate surface area is 185 Å². The van der Waals surface area contributed by atoms with E-state index in [1.807, 2.05) is 55.5 Å². The molecule has 0 unspecified atom stereocenters. The fraction of sp³-hybridized carbons (Fsp3) is 0.120. The van der Waals surface area contributed by atoms with Gasteiger partial charge in [0.1, 0.15) is 0 Å². The second kappa shape index (κ2) is 9.26. The fourth-order valence-corrected chi connectivity index (χ4v) is 3.33. The predicted molar refractivity (Wildman–Crippen MR) is 122 cm³/mol. The average Bonchev–Trinajstić information content (AvgIpc) is 3.26. The number of esters is 1. The molecular formula is C25H22N4O3. The minimum atomic E-state index is -0.507. The molecule has 0 aliphatic rings. The van der Waals surface area contributed by atoms with E-state index in [1.54, 1.807) is 42.1 Å². The van der Waals surface area contributed by atoms with E-state index in [2.05, 4.69) is 15.4 Å². The van der Waals surface area contributed by atoms with E-state index in [0.717, 1.165) is 11.1 Å². The van der Waals surface area contributed by atoms with Crippen LogP contribution in [0.4, 0.5) is 5.69 Å². The minimum absolute atomic E-state index is 0.182. The highest BCUT2D eigenvalue weighted by atomic mass is 16.5. The largest absolute Gasteiger partial charge is 0.461 e. The Bertz CT molecular complexity index is 1270. The first-order valence-electron chi connectivity index (χ1n) is 10.2. The molecule has 0 aliphatic carbocycles. The van der Waals surface area contributed by atoms with E-state index in [4.69, 9.17) is 4.74 Å². The van der Waals surface area contributed by atoms with Gasteiger partial charge in [0, 0.05) is 23.0 Å². The molecule has 32 heavy (non-hydrogen) atoms. The molecule has 0 fully saturated rings. The summed E-state index contributed by atoms with van der Waals surface area (Å²) >= 11 is 0. The highest BCUT2D eigenvalue weighted by Gasteiger charge is 2.19. The van der Waals surface area contributed by atoms with Crippen molar-refractivity contribution in [3.05, 3.63) is 95.8 Å². The highest BCUT2D eigenvalue weighted by Crippen LogP contribution is 2.26. The number of anilines is 1. The third kappa shape index (κ3) is 4.41. The van der Waals surface area contributed by atoms with Gasteiger partial charge in [0.05, 0.1) is 12.3 Å². The molecule has 0 bridgehead atoms. The van der Waals surface area contributed by atoms with Gasteiger partial charge in [-0.25, -0.2) is 14.5 Å². The number of nitrogens with one attached hydrogen (secondary N) is 1. The second-order valence-corrected chi connectivity index (χ2v) is 7.08. The zero-order valence-electron chi connectivity index (χ0n) is 17.8. The van der Waals surface area contributed by atoms with Crippen molar-refractivity contribution in [3.8, 4) is 17.1 Å². The number of hydrogen-bond donors (Lipinski definition) is 1. The van der Waals surface area contributed by atoms with Gasteiger partial charge in [0.2, 0.25) is 0 Å². The van der Waals surface area contributed by atoms with Crippen LogP contribution in [0, 0.1) is 6.92 Å². The van der Waals surface area contributed by atoms with Gasteiger partial charge in [-0.05, 0) is 55.8 Å². The van der Waals surface area contributed by atoms with Crippen LogP contribution in [-0.4, -0.2) is 33.2 Å². The third-order valence-corrected chi connectivity index (χ3v) is 4.87. The number of ether oxygens (including phenoxy) is 1. The van der Waals surface area contributed by atoms with Gasteiger partial charge in [0.25, 0.3) is 5.91 Å². The van der Waals surface area contributed by atoms with Crippen molar-refractivity contribution in [1.82, 2.24) is 14.8 Å². The summed E-state index contributed by atoms with van der Waals surface area (Å²) in [5.41, 5.74) is 3.73. The molecule has 0 atom stereocenters. The number of aromatic nitrogens is 3. The monoisotopic (exact) mass is 426 g/mol. The Morgan fingerprint density at radius 3 is 2.56 bits per heavy atom. The van der Waals surface area contributed by atoms with Gasteiger partial charge in [-0.15, -0.1) is 0 Å². The zero-order chi connectivity index (χ0) is 22.5. The van der Waals surface area contributed by atoms with Crippen molar-refractivity contribution in [2.24, 2.45) is 0 Å². The summed E-state index contributed by atoms with van der Waals surface area (Å²) in [6, 6.07) is 21.9. The lowest BCUT2D eigenvalue weighted by Gasteiger charge is -2.10. The van der Waals surface area contributed by atoms with Crippen molar-refractivity contribution in [3.63, 3.8) is 0 Å². The Balaban J connectivity index is 1.71. The van der Waals surface area contributed by atoms with E-state index < -0.39 is 5.97 Å². The van der Waals surface area contributed by atoms with Crippen LogP contribution < -0.4 is 5.32 Å². The molecule has 1 amide bonds. The van der Waals surface area contributed by atoms with Crippen LogP contribution in [0.3, 0.4) is 0 Å². The summed E-state index contributed by atoms with van der Waals surface area (Å²) in [4.78, 5) is 29.4. The summed E-state index contributed by atoms with van der Waals surface area (Å²) in [6.45, 7) is 3.90. The summed E-state index contributed by atoms with van der Waals surface area (Å²) in [6.07, 6.45) is 1.66. The number of benzene rings is 2. The summed E-state index contributed by atoms with van der Waals surface area (Å²) in [5.74, 6) is -0.134. The first-order valence-corrected chi connectivity index (χ1v) is 10.2. The molecule has 0 spiro atoms. The maximum atomic E-state index is 12.7. The summed E-state index contributed by atoms with van der Waals surface area (Å²) in [7, 11) is 0. The van der Waals surface area contributed by atoms with Crippen LogP contribution in [0.1, 0.15) is 33.3 Å². The van der Waals surface area contributed by atoms with Crippen molar-refractivity contribution in [2.75, 3.05) is 11.9 Å². The molecule has 2 aromatic heterocycles. The van der Waals surface area contributed by atoms with Crippen molar-refractivity contribution >= 4 is 17.6 Å². The van der Waals surface area contributed by atoms with Gasteiger partial charge in [-0.3, -0.25) is 4.79 Å². The first kappa shape index (κ1) is 21.0. The second-order valence-electron chi connectivity index (χ2n) is 7.08. The van der Waals surface area contributed by atoms with Gasteiger partial charge < -0.3 is 10.1 Å². The van der Waals surface area contributed by atoms with Crippen molar-refractivity contribution < 1.29 is 14.3 Å². The number of amides is 1. The Morgan fingerprint density at radius 2 is 1.81 bits per heavy atom. The Morgan fingerprint density at radius 1 is 1.00 bits per heavy atom. The standard InChI is InChI=1S/C25H22N4O3/c1-3-32-25(31)21-16-22(29(28-21)23-13-6-7-14-26-23)18-10-8-11-19(15-18)27-24(30)20-12-5-4-9-17(20)2/h4-16H,3H2,1-2H3,(H,27,30). The SMILES string of the molecule is CCOC(=O)c1cc(-c2cccc(NC(=O)c3ccccc3C)c2)n(-c2ccccn2)n1. The normalized spacial score (nSPS) is 10.6. The third-order valence-electron chi connectivity index (χ3n) is 4.87. The van der Waals surface area contributed by atoms with Gasteiger partial charge >= 0.3 is 5.97 Å². The molecule has 160 valence electrons. The van der Waals surface area contributed by atoms with Crippen LogP contribution in [0.5, 0.6) is 0 Å². The maximum absolute atomic E-state index is 12.7. The number of carbonyl (C=O) groups excluding carboxylic acids is 2. The number of nitrogens with zero attached hydrogens (tertiary/aromatic N) is 3. The molecule has 0 saturated heterocycles. The highest BCUT2D eigenvalue weighted by molar-refractivity contribution is 6.05. The predicted octanol–water partition coefficient (Wildman–Crippen LogP) is 4.67. The molecule has 0 radical (unpaired) electrons.